The van der Waals surface area contributed by atoms with Crippen molar-refractivity contribution in [3.63, 3.8) is 0 Å². The number of hydrogen-bond acceptors (Lipinski definition) is 5. The van der Waals surface area contributed by atoms with E-state index in [1.54, 1.807) is 17.1 Å². The van der Waals surface area contributed by atoms with Gasteiger partial charge in [0.15, 0.2) is 11.5 Å². The number of allylic oxidation sites excluding steroid dienone is 2. The fourth-order valence-corrected chi connectivity index (χ4v) is 2.25. The van der Waals surface area contributed by atoms with Crippen molar-refractivity contribution < 1.29 is 28.9 Å². The van der Waals surface area contributed by atoms with Crippen LogP contribution in [0.2, 0.25) is 0 Å². The lowest BCUT2D eigenvalue weighted by Gasteiger charge is -2.24. The van der Waals surface area contributed by atoms with Crippen LogP contribution in [0.25, 0.3) is 6.08 Å². The van der Waals surface area contributed by atoms with Gasteiger partial charge in [0.05, 0.1) is 13.2 Å². The van der Waals surface area contributed by atoms with Crippen molar-refractivity contribution in [3.05, 3.63) is 42.0 Å². The molecule has 1 aromatic rings. The number of nitrogens with zero attached hydrogens (tertiary/aromatic N) is 1. The van der Waals surface area contributed by atoms with Gasteiger partial charge in [0.25, 0.3) is 0 Å². The summed E-state index contributed by atoms with van der Waals surface area (Å²) in [6.07, 6.45) is 6.02. The topological polar surface area (TPSA) is 111 Å². The Hall–Kier alpha value is -3.00. The molecule has 26 heavy (non-hydrogen) atoms. The second-order valence-corrected chi connectivity index (χ2v) is 5.40. The highest BCUT2D eigenvalue weighted by Crippen LogP contribution is 2.31. The van der Waals surface area contributed by atoms with Crippen molar-refractivity contribution in [1.29, 1.82) is 0 Å². The normalized spacial score (nSPS) is 16.2. The lowest BCUT2D eigenvalue weighted by Crippen LogP contribution is -2.43. The summed E-state index contributed by atoms with van der Waals surface area (Å²) in [4.78, 5) is 22.3. The van der Waals surface area contributed by atoms with Gasteiger partial charge in [-0.3, -0.25) is 0 Å². The summed E-state index contributed by atoms with van der Waals surface area (Å²) >= 11 is 0. The van der Waals surface area contributed by atoms with Crippen LogP contribution in [0.3, 0.4) is 0 Å². The van der Waals surface area contributed by atoms with E-state index in [0.717, 1.165) is 23.1 Å². The summed E-state index contributed by atoms with van der Waals surface area (Å²) in [5, 5.41) is 8.41. The maximum atomic E-state index is 10.4. The van der Waals surface area contributed by atoms with E-state index in [2.05, 4.69) is 0 Å². The summed E-state index contributed by atoms with van der Waals surface area (Å²) in [7, 11) is 0. The lowest BCUT2D eigenvalue weighted by molar-refractivity contribution is -0.131. The molecule has 0 saturated carbocycles. The van der Waals surface area contributed by atoms with Crippen LogP contribution < -0.4 is 15.2 Å². The molecule has 2 aliphatic rings. The highest BCUT2D eigenvalue weighted by atomic mass is 16.6. The zero-order valence-corrected chi connectivity index (χ0v) is 14.3. The summed E-state index contributed by atoms with van der Waals surface area (Å²) in [5.74, 6) is 0.506. The number of carbonyl (C=O) groups is 2. The number of carboxylic acids is 1. The fourth-order valence-electron chi connectivity index (χ4n) is 2.25. The van der Waals surface area contributed by atoms with Crippen molar-refractivity contribution >= 4 is 18.1 Å². The minimum Gasteiger partial charge on any atom is -0.486 e. The van der Waals surface area contributed by atoms with Crippen molar-refractivity contribution in [3.8, 4) is 11.5 Å². The Kier molecular flexibility index (Phi) is 7.50. The Morgan fingerprint density at radius 1 is 1.04 bits per heavy atom. The number of amides is 2. The Balaban J connectivity index is 0.000000228. The standard InChI is InChI=1S/C13H12O4.C5H10N2O2/c14-13(15)4-2-1-3-10-5-6-11-12(9-10)17-8-7-16-11;6-5(8)7-1-3-9-4-2-7/h1-6,9H,7-8H2,(H,14,15);1-4H2,(H2,6,8)/b3-1+,4-2+;. The molecule has 3 rings (SSSR count). The molecule has 8 heteroatoms. The van der Waals surface area contributed by atoms with E-state index in [1.807, 2.05) is 18.2 Å². The summed E-state index contributed by atoms with van der Waals surface area (Å²) in [6, 6.07) is 5.24. The largest absolute Gasteiger partial charge is 0.486 e. The van der Waals surface area contributed by atoms with Crippen LogP contribution in [0.5, 0.6) is 11.5 Å². The van der Waals surface area contributed by atoms with E-state index in [-0.39, 0.29) is 6.03 Å². The number of primary amides is 1. The molecule has 2 amide bonds. The number of rotatable bonds is 3. The Morgan fingerprint density at radius 2 is 1.73 bits per heavy atom. The third-order valence-electron chi connectivity index (χ3n) is 3.53. The van der Waals surface area contributed by atoms with Crippen molar-refractivity contribution in [1.82, 2.24) is 4.90 Å². The molecule has 0 radical (unpaired) electrons. The second kappa shape index (κ2) is 10.1. The minimum atomic E-state index is -0.961. The van der Waals surface area contributed by atoms with Gasteiger partial charge in [0, 0.05) is 19.2 Å². The summed E-state index contributed by atoms with van der Waals surface area (Å²) < 4.78 is 15.8. The van der Waals surface area contributed by atoms with E-state index >= 15 is 0 Å². The first kappa shape index (κ1) is 19.3. The van der Waals surface area contributed by atoms with E-state index in [0.29, 0.717) is 39.5 Å². The van der Waals surface area contributed by atoms with Crippen LogP contribution in [0.15, 0.2) is 36.4 Å². The molecule has 1 saturated heterocycles. The van der Waals surface area contributed by atoms with E-state index < -0.39 is 5.97 Å². The predicted octanol–water partition coefficient (Wildman–Crippen LogP) is 1.51. The number of aliphatic carboxylic acids is 1. The third kappa shape index (κ3) is 6.48. The Bertz CT molecular complexity index is 680. The highest BCUT2D eigenvalue weighted by molar-refractivity contribution is 5.80. The Morgan fingerprint density at radius 3 is 2.35 bits per heavy atom. The number of nitrogens with two attached hydrogens (primary N) is 1. The molecule has 0 bridgehead atoms. The molecular formula is C18H22N2O6. The average molecular weight is 362 g/mol. The first-order valence-electron chi connectivity index (χ1n) is 8.15. The zero-order valence-electron chi connectivity index (χ0n) is 14.3. The molecule has 8 nitrogen and oxygen atoms in total. The van der Waals surface area contributed by atoms with Gasteiger partial charge in [-0.25, -0.2) is 9.59 Å². The predicted molar refractivity (Wildman–Crippen MR) is 95.2 cm³/mol. The smallest absolute Gasteiger partial charge is 0.328 e. The van der Waals surface area contributed by atoms with Crippen LogP contribution in [0, 0.1) is 0 Å². The molecule has 3 N–H and O–H groups in total. The minimum absolute atomic E-state index is 0.349. The van der Waals surface area contributed by atoms with Crippen LogP contribution in [-0.2, 0) is 9.53 Å². The van der Waals surface area contributed by atoms with E-state index in [9.17, 15) is 9.59 Å². The van der Waals surface area contributed by atoms with Crippen molar-refractivity contribution in [2.24, 2.45) is 5.73 Å². The monoisotopic (exact) mass is 362 g/mol. The molecule has 0 aromatic heterocycles. The van der Waals surface area contributed by atoms with Gasteiger partial charge in [-0.1, -0.05) is 24.3 Å². The number of ether oxygens (including phenoxy) is 3. The average Bonchev–Trinajstić information content (AvgIpc) is 2.66. The first-order chi connectivity index (χ1) is 12.6. The number of carbonyl (C=O) groups excluding carboxylic acids is 1. The molecule has 0 aliphatic carbocycles. The van der Waals surface area contributed by atoms with Gasteiger partial charge >= 0.3 is 12.0 Å². The molecule has 2 aliphatic heterocycles. The van der Waals surface area contributed by atoms with Gasteiger partial charge < -0.3 is 30.0 Å². The highest BCUT2D eigenvalue weighted by Gasteiger charge is 2.12. The second-order valence-electron chi connectivity index (χ2n) is 5.40. The first-order valence-corrected chi connectivity index (χ1v) is 8.15. The van der Waals surface area contributed by atoms with Gasteiger partial charge in [0.1, 0.15) is 13.2 Å². The van der Waals surface area contributed by atoms with Crippen LogP contribution in [0.4, 0.5) is 4.79 Å². The third-order valence-corrected chi connectivity index (χ3v) is 3.53. The molecular weight excluding hydrogens is 340 g/mol. The number of hydrogen-bond donors (Lipinski definition) is 2. The van der Waals surface area contributed by atoms with Gasteiger partial charge in [-0.2, -0.15) is 0 Å². The van der Waals surface area contributed by atoms with Crippen LogP contribution in [0.1, 0.15) is 5.56 Å². The molecule has 140 valence electrons. The Labute approximate surface area is 151 Å². The van der Waals surface area contributed by atoms with Gasteiger partial charge in [0.2, 0.25) is 0 Å². The molecule has 2 heterocycles. The molecule has 0 atom stereocenters. The summed E-state index contributed by atoms with van der Waals surface area (Å²) in [5.41, 5.74) is 5.93. The zero-order chi connectivity index (χ0) is 18.8. The molecule has 1 fully saturated rings. The number of carboxylic acid groups (broad SMARTS) is 1. The van der Waals surface area contributed by atoms with Gasteiger partial charge in [-0.15, -0.1) is 0 Å². The number of benzene rings is 1. The number of morpholine rings is 1. The number of urea groups is 1. The maximum absolute atomic E-state index is 10.4. The van der Waals surface area contributed by atoms with Gasteiger partial charge in [-0.05, 0) is 17.7 Å². The van der Waals surface area contributed by atoms with Crippen LogP contribution in [-0.4, -0.2) is 61.5 Å². The van der Waals surface area contributed by atoms with Crippen LogP contribution >= 0.6 is 0 Å². The quantitative estimate of drug-likeness (QED) is 0.623. The van der Waals surface area contributed by atoms with Crippen molar-refractivity contribution in [2.45, 2.75) is 0 Å². The molecule has 0 spiro atoms. The fraction of sp³-hybridized carbons (Fsp3) is 0.333. The van der Waals surface area contributed by atoms with Crippen molar-refractivity contribution in [2.75, 3.05) is 39.5 Å². The van der Waals surface area contributed by atoms with E-state index in [1.165, 1.54) is 6.08 Å². The molecule has 0 unspecified atom stereocenters. The SMILES string of the molecule is NC(=O)N1CCOCC1.O=C(O)/C=C/C=C/c1ccc2c(c1)OCCO2. The lowest BCUT2D eigenvalue weighted by atomic mass is 10.2. The summed E-state index contributed by atoms with van der Waals surface area (Å²) in [6.45, 7) is 3.62. The maximum Gasteiger partial charge on any atom is 0.328 e. The number of fused-ring (bicyclic) bond motifs is 1. The van der Waals surface area contributed by atoms with E-state index in [4.69, 9.17) is 25.1 Å². The molecule has 1 aromatic carbocycles.